The summed E-state index contributed by atoms with van der Waals surface area (Å²) < 4.78 is 33.3. The van der Waals surface area contributed by atoms with Crippen LogP contribution < -0.4 is 11.5 Å². The van der Waals surface area contributed by atoms with Gasteiger partial charge >= 0.3 is 0 Å². The fourth-order valence-corrected chi connectivity index (χ4v) is 3.82. The van der Waals surface area contributed by atoms with E-state index >= 15 is 0 Å². The Morgan fingerprint density at radius 3 is 2.25 bits per heavy atom. The van der Waals surface area contributed by atoms with Gasteiger partial charge in [-0.2, -0.15) is 0 Å². The van der Waals surface area contributed by atoms with Crippen molar-refractivity contribution in [2.24, 2.45) is 5.92 Å². The number of rotatable bonds is 9. The van der Waals surface area contributed by atoms with Crippen molar-refractivity contribution in [3.8, 4) is 0 Å². The topological polar surface area (TPSA) is 123 Å². The first-order valence-electron chi connectivity index (χ1n) is 6.60. The van der Waals surface area contributed by atoms with Gasteiger partial charge in [-0.25, -0.2) is 8.42 Å². The minimum absolute atomic E-state index is 0. The van der Waals surface area contributed by atoms with Crippen LogP contribution in [0.15, 0.2) is 12.7 Å². The Hall–Kier alpha value is -0.920. The van der Waals surface area contributed by atoms with Crippen LogP contribution in [0, 0.1) is 5.92 Å². The molecule has 1 unspecified atom stereocenters. The van der Waals surface area contributed by atoms with E-state index in [1.54, 1.807) is 20.8 Å². The molecule has 5 N–H and O–H groups in total. The number of amides is 1. The molecule has 0 aromatic carbocycles. The highest BCUT2D eigenvalue weighted by atomic mass is 32.2. The molecular formula is C13H28N2O4S. The van der Waals surface area contributed by atoms with Crippen LogP contribution in [0.5, 0.6) is 0 Å². The lowest BCUT2D eigenvalue weighted by Crippen LogP contribution is -2.43. The van der Waals surface area contributed by atoms with E-state index in [4.69, 9.17) is 0 Å². The summed E-state index contributed by atoms with van der Waals surface area (Å²) in [6.07, 6.45) is 3.04. The smallest absolute Gasteiger partial charge is 0.243 e. The van der Waals surface area contributed by atoms with Crippen LogP contribution in [-0.4, -0.2) is 30.2 Å². The van der Waals surface area contributed by atoms with E-state index in [1.165, 1.54) is 6.08 Å². The molecule has 1 amide bonds. The summed E-state index contributed by atoms with van der Waals surface area (Å²) in [4.78, 5) is 10.9. The molecule has 7 heteroatoms. The Balaban J connectivity index is 0. The van der Waals surface area contributed by atoms with Gasteiger partial charge < -0.3 is 16.0 Å². The lowest BCUT2D eigenvalue weighted by atomic mass is 9.85. The molecule has 0 fully saturated rings. The quantitative estimate of drug-likeness (QED) is 0.385. The van der Waals surface area contributed by atoms with Crippen molar-refractivity contribution >= 4 is 16.0 Å². The lowest BCUT2D eigenvalue weighted by Gasteiger charge is -2.40. The van der Waals surface area contributed by atoms with E-state index in [0.29, 0.717) is 32.2 Å². The van der Waals surface area contributed by atoms with Gasteiger partial charge in [0.25, 0.3) is 0 Å². The summed E-state index contributed by atoms with van der Waals surface area (Å²) in [5, 5.41) is 2.63. The standard InChI is InChI=1S/C13H25NO4S.H3N/c1-5-12(15)14-10-8-9-11(4)13(6-2,7-3)19(16,17)18;/h5,11H,1,6-10H2,2-4H3,(H,14,15)(H,16,17,18);1H3. The molecule has 0 rings (SSSR count). The fraction of sp³-hybridized carbons (Fsp3) is 0.769. The molecule has 0 aliphatic rings. The van der Waals surface area contributed by atoms with E-state index in [-0.39, 0.29) is 18.0 Å². The molecule has 0 bridgehead atoms. The van der Waals surface area contributed by atoms with Crippen molar-refractivity contribution in [2.75, 3.05) is 6.54 Å². The minimum Gasteiger partial charge on any atom is -0.748 e. The van der Waals surface area contributed by atoms with Gasteiger partial charge in [0.1, 0.15) is 10.1 Å². The average molecular weight is 308 g/mol. The molecule has 1 atom stereocenters. The second-order valence-electron chi connectivity index (χ2n) is 4.76. The molecule has 0 aromatic rings. The Morgan fingerprint density at radius 2 is 1.90 bits per heavy atom. The second kappa shape index (κ2) is 9.10. The maximum Gasteiger partial charge on any atom is 0.243 e. The highest BCUT2D eigenvalue weighted by molar-refractivity contribution is 7.87. The fourth-order valence-electron chi connectivity index (χ4n) is 2.50. The van der Waals surface area contributed by atoms with Crippen molar-refractivity contribution in [3.63, 3.8) is 0 Å². The van der Waals surface area contributed by atoms with Gasteiger partial charge in [-0.1, -0.05) is 27.4 Å². The number of hydrogen-bond donors (Lipinski definition) is 2. The molecule has 0 saturated heterocycles. The SMILES string of the molecule is C=CC(=O)NCCCC(C)C(CC)(CC)S(=O)(=O)[O-].[NH4+]. The number of carbonyl (C=O) groups is 1. The molecule has 0 saturated carbocycles. The Kier molecular flexibility index (Phi) is 9.72. The summed E-state index contributed by atoms with van der Waals surface area (Å²) in [6, 6.07) is 0. The Labute approximate surface area is 122 Å². The maximum atomic E-state index is 11.5. The summed E-state index contributed by atoms with van der Waals surface area (Å²) in [6.45, 7) is 9.05. The van der Waals surface area contributed by atoms with Crippen LogP contribution in [0.25, 0.3) is 0 Å². The molecule has 0 spiro atoms. The summed E-state index contributed by atoms with van der Waals surface area (Å²) in [5.41, 5.74) is 0. The highest BCUT2D eigenvalue weighted by Gasteiger charge is 2.38. The largest absolute Gasteiger partial charge is 0.748 e. The van der Waals surface area contributed by atoms with Crippen molar-refractivity contribution in [1.29, 1.82) is 0 Å². The van der Waals surface area contributed by atoms with Crippen molar-refractivity contribution < 1.29 is 17.8 Å². The molecule has 0 aliphatic heterocycles. The van der Waals surface area contributed by atoms with Crippen LogP contribution >= 0.6 is 0 Å². The van der Waals surface area contributed by atoms with Crippen LogP contribution in [-0.2, 0) is 14.9 Å². The molecular weight excluding hydrogens is 280 g/mol. The van der Waals surface area contributed by atoms with E-state index in [1.807, 2.05) is 0 Å². The third kappa shape index (κ3) is 5.22. The molecule has 6 nitrogen and oxygen atoms in total. The van der Waals surface area contributed by atoms with E-state index in [0.717, 1.165) is 0 Å². The van der Waals surface area contributed by atoms with Crippen molar-refractivity contribution in [3.05, 3.63) is 12.7 Å². The third-order valence-corrected chi connectivity index (χ3v) is 5.87. The molecule has 20 heavy (non-hydrogen) atoms. The van der Waals surface area contributed by atoms with E-state index in [9.17, 15) is 17.8 Å². The first kappa shape index (κ1) is 21.4. The highest BCUT2D eigenvalue weighted by Crippen LogP contribution is 2.35. The summed E-state index contributed by atoms with van der Waals surface area (Å²) in [7, 11) is -4.34. The molecule has 0 heterocycles. The zero-order chi connectivity index (χ0) is 15.1. The first-order valence-corrected chi connectivity index (χ1v) is 8.01. The molecule has 0 aliphatic carbocycles. The second-order valence-corrected chi connectivity index (χ2v) is 6.49. The number of hydrogen-bond acceptors (Lipinski definition) is 4. The van der Waals surface area contributed by atoms with Crippen LogP contribution in [0.1, 0.15) is 46.5 Å². The van der Waals surface area contributed by atoms with Gasteiger partial charge in [0.2, 0.25) is 5.91 Å². The zero-order valence-electron chi connectivity index (χ0n) is 12.9. The van der Waals surface area contributed by atoms with Crippen molar-refractivity contribution in [1.82, 2.24) is 11.5 Å². The van der Waals surface area contributed by atoms with Gasteiger partial charge in [-0.15, -0.1) is 0 Å². The lowest BCUT2D eigenvalue weighted by molar-refractivity contribution is -0.116. The Morgan fingerprint density at radius 1 is 1.40 bits per heavy atom. The zero-order valence-corrected chi connectivity index (χ0v) is 13.8. The van der Waals surface area contributed by atoms with Crippen LogP contribution in [0.4, 0.5) is 0 Å². The number of carbonyl (C=O) groups excluding carboxylic acids is 1. The normalized spacial score (nSPS) is 13.2. The molecule has 0 radical (unpaired) electrons. The van der Waals surface area contributed by atoms with Gasteiger partial charge in [0.15, 0.2) is 0 Å². The Bertz CT molecular complexity index is 403. The van der Waals surface area contributed by atoms with Crippen molar-refractivity contribution in [2.45, 2.75) is 51.2 Å². The third-order valence-electron chi connectivity index (χ3n) is 3.89. The van der Waals surface area contributed by atoms with Crippen LogP contribution in [0.2, 0.25) is 0 Å². The summed E-state index contributed by atoms with van der Waals surface area (Å²) >= 11 is 0. The monoisotopic (exact) mass is 308 g/mol. The molecule has 120 valence electrons. The predicted octanol–water partition coefficient (Wildman–Crippen LogP) is 2.19. The number of nitrogens with one attached hydrogen (secondary N) is 1. The van der Waals surface area contributed by atoms with Gasteiger partial charge in [-0.05, 0) is 37.7 Å². The van der Waals surface area contributed by atoms with E-state index in [2.05, 4.69) is 11.9 Å². The average Bonchev–Trinajstić information content (AvgIpc) is 2.34. The van der Waals surface area contributed by atoms with Gasteiger partial charge in [0, 0.05) is 6.54 Å². The predicted molar refractivity (Wildman–Crippen MR) is 80.6 cm³/mol. The van der Waals surface area contributed by atoms with E-state index < -0.39 is 14.9 Å². The first-order chi connectivity index (χ1) is 8.75. The maximum absolute atomic E-state index is 11.5. The molecule has 0 aromatic heterocycles. The van der Waals surface area contributed by atoms with Gasteiger partial charge in [-0.3, -0.25) is 4.79 Å². The van der Waals surface area contributed by atoms with Crippen LogP contribution in [0.3, 0.4) is 0 Å². The van der Waals surface area contributed by atoms with Gasteiger partial charge in [0.05, 0.1) is 4.75 Å². The summed E-state index contributed by atoms with van der Waals surface area (Å²) in [5.74, 6) is -0.480. The number of quaternary nitrogens is 1. The minimum atomic E-state index is -4.34.